The van der Waals surface area contributed by atoms with Gasteiger partial charge >= 0.3 is 0 Å². The monoisotopic (exact) mass is 411 g/mol. The number of sulfonamides is 1. The number of ether oxygens (including phenoxy) is 1. The molecule has 0 radical (unpaired) electrons. The molecule has 1 aromatic heterocycles. The molecule has 0 fully saturated rings. The summed E-state index contributed by atoms with van der Waals surface area (Å²) in [6.07, 6.45) is 3.10. The molecule has 140 valence electrons. The largest absolute Gasteiger partial charge is 0.489 e. The Balaban J connectivity index is 1.80. The van der Waals surface area contributed by atoms with Crippen molar-refractivity contribution in [1.82, 2.24) is 4.98 Å². The van der Waals surface area contributed by atoms with Crippen molar-refractivity contribution in [2.24, 2.45) is 0 Å². The van der Waals surface area contributed by atoms with E-state index in [0.717, 1.165) is 5.56 Å². The van der Waals surface area contributed by atoms with Crippen LogP contribution in [0.15, 0.2) is 65.8 Å². The molecule has 6 nitrogen and oxygen atoms in total. The molecule has 2 heterocycles. The summed E-state index contributed by atoms with van der Waals surface area (Å²) in [4.78, 5) is 4.36. The van der Waals surface area contributed by atoms with Crippen LogP contribution in [-0.2, 0) is 10.0 Å². The molecule has 3 aromatic rings. The van der Waals surface area contributed by atoms with Gasteiger partial charge in [-0.15, -0.1) is 0 Å². The number of pyridine rings is 1. The zero-order chi connectivity index (χ0) is 19.7. The molecule has 1 aliphatic heterocycles. The van der Waals surface area contributed by atoms with Crippen molar-refractivity contribution in [3.63, 3.8) is 0 Å². The number of anilines is 1. The van der Waals surface area contributed by atoms with Gasteiger partial charge in [0.05, 0.1) is 29.3 Å². The Kier molecular flexibility index (Phi) is 4.67. The molecule has 0 unspecified atom stereocenters. The van der Waals surface area contributed by atoms with Crippen molar-refractivity contribution >= 4 is 27.3 Å². The van der Waals surface area contributed by atoms with E-state index in [-0.39, 0.29) is 18.0 Å². The highest BCUT2D eigenvalue weighted by molar-refractivity contribution is 7.92. The van der Waals surface area contributed by atoms with E-state index in [1.807, 2.05) is 0 Å². The van der Waals surface area contributed by atoms with Crippen molar-refractivity contribution in [3.8, 4) is 22.9 Å². The number of hydrogen-bond donors (Lipinski definition) is 0. The molecule has 0 saturated carbocycles. The Labute approximate surface area is 167 Å². The lowest BCUT2D eigenvalue weighted by molar-refractivity contribution is 0.316. The second kappa shape index (κ2) is 7.15. The highest BCUT2D eigenvalue weighted by Crippen LogP contribution is 2.41. The topological polar surface area (TPSA) is 83.3 Å². The van der Waals surface area contributed by atoms with Crippen LogP contribution in [0.3, 0.4) is 0 Å². The van der Waals surface area contributed by atoms with Gasteiger partial charge in [-0.1, -0.05) is 23.7 Å². The molecule has 0 spiro atoms. The number of halogens is 1. The van der Waals surface area contributed by atoms with Crippen molar-refractivity contribution in [2.45, 2.75) is 4.90 Å². The highest BCUT2D eigenvalue weighted by Gasteiger charge is 2.32. The lowest BCUT2D eigenvalue weighted by atomic mass is 10.0. The summed E-state index contributed by atoms with van der Waals surface area (Å²) in [7, 11) is -3.79. The molecule has 28 heavy (non-hydrogen) atoms. The first-order valence-electron chi connectivity index (χ1n) is 8.40. The van der Waals surface area contributed by atoms with Crippen LogP contribution in [0.2, 0.25) is 5.02 Å². The molecular weight excluding hydrogens is 398 g/mol. The average Bonchev–Trinajstić information content (AvgIpc) is 2.73. The van der Waals surface area contributed by atoms with Crippen LogP contribution in [0, 0.1) is 11.3 Å². The molecule has 0 aliphatic carbocycles. The normalized spacial score (nSPS) is 13.4. The van der Waals surface area contributed by atoms with Gasteiger partial charge in [-0.3, -0.25) is 9.29 Å². The van der Waals surface area contributed by atoms with Crippen LogP contribution in [0.5, 0.6) is 5.75 Å². The number of nitrogens with zero attached hydrogens (tertiary/aromatic N) is 3. The first-order chi connectivity index (χ1) is 13.5. The minimum atomic E-state index is -3.79. The van der Waals surface area contributed by atoms with Crippen molar-refractivity contribution in [2.75, 3.05) is 17.5 Å². The summed E-state index contributed by atoms with van der Waals surface area (Å²) < 4.78 is 33.4. The predicted octanol–water partition coefficient (Wildman–Crippen LogP) is 3.86. The second-order valence-corrected chi connectivity index (χ2v) is 8.40. The van der Waals surface area contributed by atoms with E-state index in [1.165, 1.54) is 22.6 Å². The highest BCUT2D eigenvalue weighted by atomic mass is 35.5. The maximum Gasteiger partial charge on any atom is 0.264 e. The maximum absolute atomic E-state index is 13.2. The Morgan fingerprint density at radius 2 is 1.79 bits per heavy atom. The van der Waals surface area contributed by atoms with E-state index in [9.17, 15) is 8.42 Å². The summed E-state index contributed by atoms with van der Waals surface area (Å²) in [5.41, 5.74) is 2.37. The molecule has 2 aromatic carbocycles. The molecule has 0 amide bonds. The van der Waals surface area contributed by atoms with Crippen molar-refractivity contribution < 1.29 is 13.2 Å². The first-order valence-corrected chi connectivity index (χ1v) is 10.2. The van der Waals surface area contributed by atoms with Gasteiger partial charge in [0.25, 0.3) is 10.0 Å². The van der Waals surface area contributed by atoms with E-state index in [1.54, 1.807) is 42.6 Å². The molecule has 0 N–H and O–H groups in total. The number of benzene rings is 2. The van der Waals surface area contributed by atoms with E-state index in [2.05, 4.69) is 11.1 Å². The van der Waals surface area contributed by atoms with E-state index in [0.29, 0.717) is 27.6 Å². The Morgan fingerprint density at radius 1 is 1.07 bits per heavy atom. The van der Waals surface area contributed by atoms with E-state index >= 15 is 0 Å². The van der Waals surface area contributed by atoms with Crippen molar-refractivity contribution in [1.29, 1.82) is 5.26 Å². The predicted molar refractivity (Wildman–Crippen MR) is 106 cm³/mol. The lowest BCUT2D eigenvalue weighted by Gasteiger charge is -2.31. The van der Waals surface area contributed by atoms with Gasteiger partial charge in [0.2, 0.25) is 0 Å². The summed E-state index contributed by atoms with van der Waals surface area (Å²) in [5, 5.41) is 9.44. The third-order valence-electron chi connectivity index (χ3n) is 4.41. The number of aromatic nitrogens is 1. The van der Waals surface area contributed by atoms with Crippen LogP contribution < -0.4 is 9.04 Å². The van der Waals surface area contributed by atoms with Crippen LogP contribution in [0.25, 0.3) is 11.1 Å². The van der Waals surface area contributed by atoms with E-state index in [4.69, 9.17) is 21.6 Å². The van der Waals surface area contributed by atoms with Crippen LogP contribution in [0.4, 0.5) is 5.69 Å². The number of rotatable bonds is 3. The van der Waals surface area contributed by atoms with Gasteiger partial charge in [-0.2, -0.15) is 5.26 Å². The molecule has 0 bridgehead atoms. The van der Waals surface area contributed by atoms with Crippen LogP contribution in [0.1, 0.15) is 5.56 Å². The molecule has 0 saturated heterocycles. The minimum absolute atomic E-state index is 0.147. The lowest BCUT2D eigenvalue weighted by Crippen LogP contribution is -2.38. The van der Waals surface area contributed by atoms with Gasteiger partial charge in [0.15, 0.2) is 5.75 Å². The van der Waals surface area contributed by atoms with Gasteiger partial charge in [0.1, 0.15) is 12.3 Å². The Hall–Kier alpha value is -3.08. The molecule has 4 rings (SSSR count). The molecule has 0 atom stereocenters. The van der Waals surface area contributed by atoms with E-state index < -0.39 is 10.0 Å². The summed E-state index contributed by atoms with van der Waals surface area (Å²) in [6.45, 7) is 0.392. The third kappa shape index (κ3) is 3.17. The zero-order valence-electron chi connectivity index (χ0n) is 14.5. The summed E-state index contributed by atoms with van der Waals surface area (Å²) >= 11 is 5.88. The van der Waals surface area contributed by atoms with Crippen molar-refractivity contribution in [3.05, 3.63) is 71.5 Å². The maximum atomic E-state index is 13.2. The number of fused-ring (bicyclic) bond motifs is 1. The smallest absolute Gasteiger partial charge is 0.264 e. The standard InChI is InChI=1S/C20H14ClN3O3S/c21-16-5-7-17(8-6-16)28(25,26)24-9-10-27-20-18(12-23-13-19(20)24)15-3-1-14(11-22)2-4-15/h1-8,12-13H,9-10H2. The summed E-state index contributed by atoms with van der Waals surface area (Å²) in [6, 6.07) is 15.1. The molecule has 1 aliphatic rings. The Bertz CT molecular complexity index is 1170. The minimum Gasteiger partial charge on any atom is -0.489 e. The molecule has 8 heteroatoms. The Morgan fingerprint density at radius 3 is 2.46 bits per heavy atom. The first kappa shape index (κ1) is 18.3. The number of nitriles is 1. The van der Waals surface area contributed by atoms with Crippen LogP contribution in [-0.4, -0.2) is 26.6 Å². The van der Waals surface area contributed by atoms with Gasteiger partial charge in [0, 0.05) is 16.8 Å². The second-order valence-electron chi connectivity index (χ2n) is 6.10. The van der Waals surface area contributed by atoms with Crippen LogP contribution >= 0.6 is 11.6 Å². The fourth-order valence-corrected chi connectivity index (χ4v) is 4.60. The average molecular weight is 412 g/mol. The SMILES string of the molecule is N#Cc1ccc(-c2cncc3c2OCCN3S(=O)(=O)c2ccc(Cl)cc2)cc1. The molecular formula is C20H14ClN3O3S. The van der Waals surface area contributed by atoms with Gasteiger partial charge in [-0.25, -0.2) is 8.42 Å². The third-order valence-corrected chi connectivity index (χ3v) is 6.49. The summed E-state index contributed by atoms with van der Waals surface area (Å²) in [5.74, 6) is 0.448. The van der Waals surface area contributed by atoms with Gasteiger partial charge < -0.3 is 4.74 Å². The fourth-order valence-electron chi connectivity index (χ4n) is 3.03. The quantitative estimate of drug-likeness (QED) is 0.653. The fraction of sp³-hybridized carbons (Fsp3) is 0.100. The number of hydrogen-bond acceptors (Lipinski definition) is 5. The zero-order valence-corrected chi connectivity index (χ0v) is 16.1. The van der Waals surface area contributed by atoms with Gasteiger partial charge in [-0.05, 0) is 42.0 Å².